The molecule has 3 N–H and O–H groups in total. The molecule has 6 rings (SSSR count). The Labute approximate surface area is 272 Å². The van der Waals surface area contributed by atoms with E-state index in [-0.39, 0.29) is 18.6 Å². The van der Waals surface area contributed by atoms with E-state index in [1.54, 1.807) is 11.2 Å². The van der Waals surface area contributed by atoms with Gasteiger partial charge in [0.05, 0.1) is 26.2 Å². The number of urea groups is 1. The van der Waals surface area contributed by atoms with Gasteiger partial charge in [-0.25, -0.2) is 9.79 Å². The number of aliphatic imine (C=N–C) groups is 1. The Hall–Kier alpha value is -3.93. The number of amides is 3. The molecule has 3 amide bonds. The second-order valence-corrected chi connectivity index (χ2v) is 12.6. The molecular formula is C35H47N7O4. The first-order chi connectivity index (χ1) is 22.3. The number of carbonyl (C=O) groups excluding carboxylic acids is 2. The van der Waals surface area contributed by atoms with E-state index >= 15 is 0 Å². The highest BCUT2D eigenvalue weighted by Gasteiger charge is 2.45. The molecule has 11 nitrogen and oxygen atoms in total. The summed E-state index contributed by atoms with van der Waals surface area (Å²) in [5.41, 5.74) is 6.62. The van der Waals surface area contributed by atoms with E-state index in [9.17, 15) is 9.59 Å². The number of anilines is 1. The third kappa shape index (κ3) is 6.36. The lowest BCUT2D eigenvalue weighted by atomic mass is 9.93. The van der Waals surface area contributed by atoms with Crippen molar-refractivity contribution in [1.29, 1.82) is 0 Å². The molecule has 1 unspecified atom stereocenters. The number of fused-ring (bicyclic) bond motifs is 1. The minimum atomic E-state index is -0.842. The average Bonchev–Trinajstić information content (AvgIpc) is 3.48. The van der Waals surface area contributed by atoms with Crippen molar-refractivity contribution in [3.63, 3.8) is 0 Å². The monoisotopic (exact) mass is 629 g/mol. The molecule has 2 aromatic carbocycles. The fourth-order valence-corrected chi connectivity index (χ4v) is 7.15. The molecule has 2 aromatic rings. The summed E-state index contributed by atoms with van der Waals surface area (Å²) >= 11 is 0. The summed E-state index contributed by atoms with van der Waals surface area (Å²) in [5.74, 6) is -0.213. The lowest BCUT2D eigenvalue weighted by Gasteiger charge is -2.42. The predicted octanol–water partition coefficient (Wildman–Crippen LogP) is 4.05. The maximum atomic E-state index is 14.1. The first kappa shape index (κ1) is 32.0. The largest absolute Gasteiger partial charge is 0.381 e. The Bertz CT molecular complexity index is 1500. The molecular weight excluding hydrogens is 582 g/mol. The number of ether oxygens (including phenoxy) is 2. The van der Waals surface area contributed by atoms with Crippen LogP contribution < -0.4 is 20.9 Å². The van der Waals surface area contributed by atoms with Gasteiger partial charge in [0.2, 0.25) is 0 Å². The number of nitrogens with zero attached hydrogens (tertiary/aromatic N) is 4. The van der Waals surface area contributed by atoms with E-state index < -0.39 is 5.66 Å². The Kier molecular flexibility index (Phi) is 9.62. The fraction of sp³-hybridized carbons (Fsp3) is 0.514. The normalized spacial score (nSPS) is 22.0. The molecule has 2 saturated heterocycles. The van der Waals surface area contributed by atoms with Gasteiger partial charge in [-0.3, -0.25) is 14.6 Å². The summed E-state index contributed by atoms with van der Waals surface area (Å²) in [4.78, 5) is 38.1. The molecule has 4 aliphatic heterocycles. The Morgan fingerprint density at radius 2 is 1.78 bits per heavy atom. The minimum Gasteiger partial charge on any atom is -0.381 e. The molecule has 0 saturated carbocycles. The summed E-state index contributed by atoms with van der Waals surface area (Å²) in [6.45, 7) is 14.7. The summed E-state index contributed by atoms with van der Waals surface area (Å²) in [6.07, 6.45) is 4.19. The number of nitrogens with one attached hydrogen (secondary N) is 3. The SMILES string of the molecule is CCc1c(C(=O)NCN2C(=O)NC(C)=C3N=CNC32C)cc(-c2ccc(CN3CCOCC3)cc2)cc1N(CC)C1CCOCC1. The number of carbonyl (C=O) groups is 2. The molecule has 0 aliphatic carbocycles. The number of hydrogen-bond acceptors (Lipinski definition) is 8. The van der Waals surface area contributed by atoms with Crippen molar-refractivity contribution in [3.05, 3.63) is 64.5 Å². The molecule has 0 radical (unpaired) electrons. The van der Waals surface area contributed by atoms with E-state index in [0.29, 0.717) is 23.7 Å². The maximum Gasteiger partial charge on any atom is 0.325 e. The summed E-state index contributed by atoms with van der Waals surface area (Å²) in [5, 5.41) is 9.15. The average molecular weight is 630 g/mol. The van der Waals surface area contributed by atoms with Crippen LogP contribution in [0.5, 0.6) is 0 Å². The molecule has 0 spiro atoms. The number of allylic oxidation sites excluding steroid dienone is 1. The number of hydrogen-bond donors (Lipinski definition) is 3. The van der Waals surface area contributed by atoms with Crippen LogP contribution in [-0.4, -0.2) is 92.5 Å². The molecule has 0 bridgehead atoms. The molecule has 46 heavy (non-hydrogen) atoms. The highest BCUT2D eigenvalue weighted by molar-refractivity contribution is 5.99. The lowest BCUT2D eigenvalue weighted by molar-refractivity contribution is 0.0342. The van der Waals surface area contributed by atoms with Gasteiger partial charge in [-0.1, -0.05) is 31.2 Å². The topological polar surface area (TPSA) is 111 Å². The van der Waals surface area contributed by atoms with Gasteiger partial charge in [0, 0.05) is 62.4 Å². The molecule has 0 aromatic heterocycles. The second kappa shape index (κ2) is 13.8. The Morgan fingerprint density at radius 1 is 1.07 bits per heavy atom. The van der Waals surface area contributed by atoms with Crippen LogP contribution >= 0.6 is 0 Å². The second-order valence-electron chi connectivity index (χ2n) is 12.6. The standard InChI is InChI=1S/C35H47N7O4/c1-5-29-30(33(43)37-23-42-34(44)39-24(3)32-35(42,4)38-22-36-32)19-27(20-31(29)41(6-2)28-11-15-45-16-12-28)26-9-7-25(8-10-26)21-40-13-17-46-18-14-40/h7-10,19-20,22,28H,5-6,11-18,21,23H2,1-4H3,(H,36,38)(H,37,43)(H,39,44). The molecule has 1 atom stereocenters. The van der Waals surface area contributed by atoms with E-state index in [1.807, 2.05) is 19.9 Å². The third-order valence-corrected chi connectivity index (χ3v) is 9.74. The summed E-state index contributed by atoms with van der Waals surface area (Å²) < 4.78 is 11.2. The van der Waals surface area contributed by atoms with Gasteiger partial charge < -0.3 is 30.3 Å². The van der Waals surface area contributed by atoms with Gasteiger partial charge in [0.25, 0.3) is 5.91 Å². The smallest absolute Gasteiger partial charge is 0.325 e. The van der Waals surface area contributed by atoms with Crippen LogP contribution in [0.1, 0.15) is 62.0 Å². The van der Waals surface area contributed by atoms with Gasteiger partial charge >= 0.3 is 6.03 Å². The van der Waals surface area contributed by atoms with Gasteiger partial charge in [0.15, 0.2) is 5.66 Å². The fourth-order valence-electron chi connectivity index (χ4n) is 7.15. The molecule has 4 aliphatic rings. The summed E-state index contributed by atoms with van der Waals surface area (Å²) in [7, 11) is 0. The number of benzene rings is 2. The third-order valence-electron chi connectivity index (χ3n) is 9.74. The Morgan fingerprint density at radius 3 is 2.48 bits per heavy atom. The van der Waals surface area contributed by atoms with Crippen LogP contribution in [-0.2, 0) is 22.4 Å². The van der Waals surface area contributed by atoms with Crippen LogP contribution in [0.25, 0.3) is 11.1 Å². The molecule has 4 heterocycles. The predicted molar refractivity (Wildman–Crippen MR) is 180 cm³/mol. The van der Waals surface area contributed by atoms with Crippen molar-refractivity contribution >= 4 is 24.0 Å². The van der Waals surface area contributed by atoms with Crippen molar-refractivity contribution in [2.45, 2.75) is 65.2 Å². The van der Waals surface area contributed by atoms with Gasteiger partial charge in [0.1, 0.15) is 5.70 Å². The van der Waals surface area contributed by atoms with Crippen molar-refractivity contribution in [2.24, 2.45) is 4.99 Å². The van der Waals surface area contributed by atoms with Gasteiger partial charge in [-0.2, -0.15) is 0 Å². The Balaban J connectivity index is 1.32. The lowest BCUT2D eigenvalue weighted by Crippen LogP contribution is -2.65. The number of morpholine rings is 1. The zero-order valence-electron chi connectivity index (χ0n) is 27.5. The highest BCUT2D eigenvalue weighted by atomic mass is 16.5. The van der Waals surface area contributed by atoms with Crippen LogP contribution in [0.3, 0.4) is 0 Å². The van der Waals surface area contributed by atoms with Crippen molar-refractivity contribution in [1.82, 2.24) is 25.8 Å². The zero-order chi connectivity index (χ0) is 32.3. The van der Waals surface area contributed by atoms with Crippen LogP contribution in [0, 0.1) is 0 Å². The zero-order valence-corrected chi connectivity index (χ0v) is 27.5. The van der Waals surface area contributed by atoms with Crippen LogP contribution in [0.15, 0.2) is 52.8 Å². The van der Waals surface area contributed by atoms with E-state index in [4.69, 9.17) is 9.47 Å². The first-order valence-electron chi connectivity index (χ1n) is 16.6. The van der Waals surface area contributed by atoms with E-state index in [2.05, 4.69) is 74.9 Å². The van der Waals surface area contributed by atoms with Gasteiger partial charge in [-0.05, 0) is 74.4 Å². The maximum absolute atomic E-state index is 14.1. The minimum absolute atomic E-state index is 0.0186. The summed E-state index contributed by atoms with van der Waals surface area (Å²) in [6, 6.07) is 13.0. The molecule has 11 heteroatoms. The van der Waals surface area contributed by atoms with E-state index in [1.165, 1.54) is 5.56 Å². The molecule has 246 valence electrons. The van der Waals surface area contributed by atoms with Crippen molar-refractivity contribution in [3.8, 4) is 11.1 Å². The van der Waals surface area contributed by atoms with Crippen LogP contribution in [0.2, 0.25) is 0 Å². The quantitative estimate of drug-likeness (QED) is 0.364. The number of rotatable bonds is 10. The molecule has 2 fully saturated rings. The first-order valence-corrected chi connectivity index (χ1v) is 16.6. The van der Waals surface area contributed by atoms with Gasteiger partial charge in [-0.15, -0.1) is 0 Å². The van der Waals surface area contributed by atoms with Crippen LogP contribution in [0.4, 0.5) is 10.5 Å². The highest BCUT2D eigenvalue weighted by Crippen LogP contribution is 2.35. The van der Waals surface area contributed by atoms with E-state index in [0.717, 1.165) is 93.5 Å². The van der Waals surface area contributed by atoms with Crippen molar-refractivity contribution in [2.75, 3.05) is 57.6 Å². The van der Waals surface area contributed by atoms with Crippen molar-refractivity contribution < 1.29 is 19.1 Å².